The number of pyridine rings is 1. The molecule has 168 valence electrons. The van der Waals surface area contributed by atoms with Crippen LogP contribution >= 0.6 is 0 Å². The van der Waals surface area contributed by atoms with Crippen molar-refractivity contribution in [3.8, 4) is 0 Å². The maximum Gasteiger partial charge on any atom is 0.339 e. The minimum atomic E-state index is -0.555. The SMILES string of the molecule is COC(=O)c1ccccc1NC(=O)c1oc2c(c1C)/C(=N/NC(=O)c1cccnc1)CCC2. The number of furan rings is 1. The number of aryl methyl sites for hydroxylation is 1. The van der Waals surface area contributed by atoms with Crippen LogP contribution in [0, 0.1) is 6.92 Å². The standard InChI is InChI=1S/C24H22N4O5/c1-14-20-18(27-28-22(29)15-7-6-12-25-13-15)10-5-11-19(20)33-21(14)23(30)26-17-9-4-3-8-16(17)24(31)32-2/h3-4,6-9,12-13H,5,10-11H2,1-2H3,(H,26,30)(H,28,29)/b27-18+. The molecule has 2 heterocycles. The number of rotatable bonds is 5. The van der Waals surface area contributed by atoms with Crippen molar-refractivity contribution in [3.63, 3.8) is 0 Å². The molecule has 0 fully saturated rings. The average Bonchev–Trinajstić information content (AvgIpc) is 3.20. The van der Waals surface area contributed by atoms with E-state index >= 15 is 0 Å². The predicted octanol–water partition coefficient (Wildman–Crippen LogP) is 3.49. The van der Waals surface area contributed by atoms with Gasteiger partial charge in [0.1, 0.15) is 5.76 Å². The van der Waals surface area contributed by atoms with E-state index in [1.807, 2.05) is 0 Å². The number of hydrogen-bond donors (Lipinski definition) is 2. The van der Waals surface area contributed by atoms with Crippen molar-refractivity contribution >= 4 is 29.2 Å². The van der Waals surface area contributed by atoms with E-state index in [2.05, 4.69) is 20.8 Å². The number of nitrogens with one attached hydrogen (secondary N) is 2. The highest BCUT2D eigenvalue weighted by Gasteiger charge is 2.28. The van der Waals surface area contributed by atoms with Crippen molar-refractivity contribution in [3.05, 3.63) is 82.6 Å². The van der Waals surface area contributed by atoms with Gasteiger partial charge in [-0.1, -0.05) is 12.1 Å². The first-order chi connectivity index (χ1) is 16.0. The van der Waals surface area contributed by atoms with Gasteiger partial charge in [0.25, 0.3) is 11.8 Å². The fraction of sp³-hybridized carbons (Fsp3) is 0.208. The summed E-state index contributed by atoms with van der Waals surface area (Å²) in [5, 5.41) is 7.03. The Labute approximate surface area is 189 Å². The highest BCUT2D eigenvalue weighted by molar-refractivity contribution is 6.11. The zero-order valence-electron chi connectivity index (χ0n) is 18.2. The Kier molecular flexibility index (Phi) is 6.30. The fourth-order valence-electron chi connectivity index (χ4n) is 3.74. The van der Waals surface area contributed by atoms with E-state index in [0.717, 1.165) is 12.0 Å². The summed E-state index contributed by atoms with van der Waals surface area (Å²) >= 11 is 0. The molecule has 0 spiro atoms. The van der Waals surface area contributed by atoms with Crippen LogP contribution < -0.4 is 10.7 Å². The number of para-hydroxylation sites is 1. The Morgan fingerprint density at radius 2 is 1.91 bits per heavy atom. The minimum Gasteiger partial charge on any atom is -0.465 e. The molecule has 0 saturated carbocycles. The summed E-state index contributed by atoms with van der Waals surface area (Å²) in [6, 6.07) is 9.89. The number of benzene rings is 1. The Balaban J connectivity index is 1.59. The summed E-state index contributed by atoms with van der Waals surface area (Å²) in [6.07, 6.45) is 5.10. The lowest BCUT2D eigenvalue weighted by Crippen LogP contribution is -2.22. The van der Waals surface area contributed by atoms with Crippen LogP contribution in [-0.2, 0) is 11.2 Å². The molecule has 0 atom stereocenters. The molecule has 9 nitrogen and oxygen atoms in total. The number of fused-ring (bicyclic) bond motifs is 1. The number of methoxy groups -OCH3 is 1. The molecule has 1 aliphatic rings. The van der Waals surface area contributed by atoms with Gasteiger partial charge in [-0.05, 0) is 44.0 Å². The second kappa shape index (κ2) is 9.47. The van der Waals surface area contributed by atoms with Crippen LogP contribution in [0.3, 0.4) is 0 Å². The van der Waals surface area contributed by atoms with Gasteiger partial charge >= 0.3 is 5.97 Å². The Morgan fingerprint density at radius 3 is 2.67 bits per heavy atom. The number of ether oxygens (including phenoxy) is 1. The summed E-state index contributed by atoms with van der Waals surface area (Å²) in [7, 11) is 1.28. The highest BCUT2D eigenvalue weighted by atomic mass is 16.5. The van der Waals surface area contributed by atoms with Crippen molar-refractivity contribution in [2.45, 2.75) is 26.2 Å². The smallest absolute Gasteiger partial charge is 0.339 e. The lowest BCUT2D eigenvalue weighted by Gasteiger charge is -2.13. The highest BCUT2D eigenvalue weighted by Crippen LogP contribution is 2.30. The molecule has 0 bridgehead atoms. The molecule has 2 N–H and O–H groups in total. The minimum absolute atomic E-state index is 0.132. The molecule has 0 aliphatic heterocycles. The van der Waals surface area contributed by atoms with Crippen molar-refractivity contribution in [2.24, 2.45) is 5.10 Å². The molecular weight excluding hydrogens is 424 g/mol. The fourth-order valence-corrected chi connectivity index (χ4v) is 3.74. The van der Waals surface area contributed by atoms with E-state index in [9.17, 15) is 14.4 Å². The van der Waals surface area contributed by atoms with Crippen LogP contribution in [0.25, 0.3) is 0 Å². The van der Waals surface area contributed by atoms with Gasteiger partial charge in [0.15, 0.2) is 5.76 Å². The second-order valence-electron chi connectivity index (χ2n) is 7.44. The first-order valence-corrected chi connectivity index (χ1v) is 10.4. The zero-order valence-corrected chi connectivity index (χ0v) is 18.2. The molecule has 3 aromatic rings. The van der Waals surface area contributed by atoms with Gasteiger partial charge in [0.05, 0.1) is 29.6 Å². The predicted molar refractivity (Wildman–Crippen MR) is 120 cm³/mol. The first kappa shape index (κ1) is 21.9. The molecule has 4 rings (SSSR count). The quantitative estimate of drug-likeness (QED) is 0.457. The van der Waals surface area contributed by atoms with E-state index in [1.54, 1.807) is 49.5 Å². The summed E-state index contributed by atoms with van der Waals surface area (Å²) in [5.74, 6) is -0.647. The number of hydrazone groups is 1. The molecule has 0 unspecified atom stereocenters. The number of esters is 1. The maximum absolute atomic E-state index is 13.0. The largest absolute Gasteiger partial charge is 0.465 e. The maximum atomic E-state index is 13.0. The van der Waals surface area contributed by atoms with Gasteiger partial charge < -0.3 is 14.5 Å². The van der Waals surface area contributed by atoms with Crippen LogP contribution in [0.1, 0.15) is 61.0 Å². The van der Waals surface area contributed by atoms with E-state index in [4.69, 9.17) is 9.15 Å². The third-order valence-corrected chi connectivity index (χ3v) is 5.33. The number of carbonyl (C=O) groups is 3. The average molecular weight is 446 g/mol. The Hall–Kier alpha value is -4.27. The normalized spacial score (nSPS) is 13.8. The lowest BCUT2D eigenvalue weighted by atomic mass is 9.93. The zero-order chi connectivity index (χ0) is 23.4. The number of amides is 2. The number of hydrogen-bond acceptors (Lipinski definition) is 7. The number of carbonyl (C=O) groups excluding carboxylic acids is 3. The van der Waals surface area contributed by atoms with Gasteiger partial charge in [-0.15, -0.1) is 0 Å². The lowest BCUT2D eigenvalue weighted by molar-refractivity contribution is 0.0601. The Bertz CT molecular complexity index is 1250. The first-order valence-electron chi connectivity index (χ1n) is 10.4. The van der Waals surface area contributed by atoms with E-state index in [0.29, 0.717) is 41.1 Å². The van der Waals surface area contributed by atoms with Crippen LogP contribution in [0.5, 0.6) is 0 Å². The molecule has 2 amide bonds. The van der Waals surface area contributed by atoms with Gasteiger partial charge in [0, 0.05) is 29.9 Å². The van der Waals surface area contributed by atoms with Crippen molar-refractivity contribution in [1.82, 2.24) is 10.4 Å². The van der Waals surface area contributed by atoms with Crippen molar-refractivity contribution < 1.29 is 23.5 Å². The number of nitrogens with zero attached hydrogens (tertiary/aromatic N) is 2. The van der Waals surface area contributed by atoms with Crippen LogP contribution in [0.4, 0.5) is 5.69 Å². The van der Waals surface area contributed by atoms with E-state index < -0.39 is 11.9 Å². The van der Waals surface area contributed by atoms with Gasteiger partial charge in [-0.3, -0.25) is 14.6 Å². The van der Waals surface area contributed by atoms with E-state index in [-0.39, 0.29) is 17.2 Å². The molecule has 0 radical (unpaired) electrons. The number of aromatic nitrogens is 1. The summed E-state index contributed by atoms with van der Waals surface area (Å²) in [6.45, 7) is 1.77. The van der Waals surface area contributed by atoms with Crippen molar-refractivity contribution in [1.29, 1.82) is 0 Å². The van der Waals surface area contributed by atoms with Gasteiger partial charge in [-0.25, -0.2) is 10.2 Å². The van der Waals surface area contributed by atoms with Gasteiger partial charge in [0.2, 0.25) is 0 Å². The van der Waals surface area contributed by atoms with Gasteiger partial charge in [-0.2, -0.15) is 5.10 Å². The molecule has 9 heteroatoms. The van der Waals surface area contributed by atoms with E-state index in [1.165, 1.54) is 13.3 Å². The summed E-state index contributed by atoms with van der Waals surface area (Å²) < 4.78 is 10.7. The molecule has 0 saturated heterocycles. The monoisotopic (exact) mass is 446 g/mol. The molecule has 2 aromatic heterocycles. The third-order valence-electron chi connectivity index (χ3n) is 5.33. The molecule has 1 aliphatic carbocycles. The molecule has 1 aromatic carbocycles. The van der Waals surface area contributed by atoms with Crippen LogP contribution in [-0.4, -0.2) is 35.6 Å². The number of anilines is 1. The van der Waals surface area contributed by atoms with Crippen LogP contribution in [0.15, 0.2) is 58.3 Å². The molecular formula is C24H22N4O5. The Morgan fingerprint density at radius 1 is 1.09 bits per heavy atom. The summed E-state index contributed by atoms with van der Waals surface area (Å²) in [4.78, 5) is 41.3. The molecule has 33 heavy (non-hydrogen) atoms. The third kappa shape index (κ3) is 4.52. The van der Waals surface area contributed by atoms with Crippen molar-refractivity contribution in [2.75, 3.05) is 12.4 Å². The topological polar surface area (TPSA) is 123 Å². The van der Waals surface area contributed by atoms with Crippen LogP contribution in [0.2, 0.25) is 0 Å². The second-order valence-corrected chi connectivity index (χ2v) is 7.44. The summed E-state index contributed by atoms with van der Waals surface area (Å²) in [5.41, 5.74) is 5.49.